The number of likely N-dealkylation sites (N-methyl/N-ethyl adjacent to an activating group) is 1. The molecule has 1 aromatic carbocycles. The Bertz CT molecular complexity index is 615. The van der Waals surface area contributed by atoms with Crippen LogP contribution in [0.4, 0.5) is 0 Å². The summed E-state index contributed by atoms with van der Waals surface area (Å²) in [6, 6.07) is 7.35. The number of carbonyl (C=O) groups excluding carboxylic acids is 2. The van der Waals surface area contributed by atoms with E-state index in [2.05, 4.69) is 5.32 Å². The van der Waals surface area contributed by atoms with E-state index in [4.69, 9.17) is 9.15 Å². The van der Waals surface area contributed by atoms with E-state index in [-0.39, 0.29) is 18.3 Å². The Balaban J connectivity index is 2.13. The Morgan fingerprint density at radius 1 is 1.32 bits per heavy atom. The summed E-state index contributed by atoms with van der Waals surface area (Å²) in [5.41, 5.74) is 1.35. The van der Waals surface area contributed by atoms with Crippen LogP contribution < -0.4 is 5.32 Å². The van der Waals surface area contributed by atoms with Crippen LogP contribution in [0.3, 0.4) is 0 Å². The summed E-state index contributed by atoms with van der Waals surface area (Å²) in [6.45, 7) is 3.78. The second-order valence-corrected chi connectivity index (χ2v) is 4.08. The lowest BCUT2D eigenvalue weighted by atomic mass is 10.1. The molecule has 2 rings (SSSR count). The molecule has 0 atom stereocenters. The Morgan fingerprint density at radius 3 is 2.74 bits per heavy atom. The smallest absolute Gasteiger partial charge is 0.375 e. The summed E-state index contributed by atoms with van der Waals surface area (Å²) >= 11 is 0. The van der Waals surface area contributed by atoms with Gasteiger partial charge in [0.25, 0.3) is 5.91 Å². The first kappa shape index (κ1) is 13.1. The molecule has 5 nitrogen and oxygen atoms in total. The number of aryl methyl sites for hydroxylation is 1. The second-order valence-electron chi connectivity index (χ2n) is 4.08. The number of nitrogens with one attached hydrogen (secondary N) is 1. The highest BCUT2D eigenvalue weighted by Gasteiger charge is 2.19. The maximum Gasteiger partial charge on any atom is 0.375 e. The number of carbonyl (C=O) groups is 2. The fourth-order valence-electron chi connectivity index (χ4n) is 1.81. The van der Waals surface area contributed by atoms with Crippen LogP contribution in [-0.4, -0.2) is 25.0 Å². The van der Waals surface area contributed by atoms with E-state index in [0.717, 1.165) is 10.9 Å². The molecule has 0 unspecified atom stereocenters. The molecule has 19 heavy (non-hydrogen) atoms. The van der Waals surface area contributed by atoms with Gasteiger partial charge in [0.2, 0.25) is 5.76 Å². The zero-order valence-electron chi connectivity index (χ0n) is 10.9. The summed E-state index contributed by atoms with van der Waals surface area (Å²) in [4.78, 5) is 23.1. The highest BCUT2D eigenvalue weighted by atomic mass is 16.5. The largest absolute Gasteiger partial charge is 0.450 e. The topological polar surface area (TPSA) is 68.5 Å². The van der Waals surface area contributed by atoms with Crippen LogP contribution in [0, 0.1) is 6.92 Å². The van der Waals surface area contributed by atoms with Crippen LogP contribution in [0.15, 0.2) is 28.7 Å². The molecule has 100 valence electrons. The van der Waals surface area contributed by atoms with Crippen molar-refractivity contribution in [2.75, 3.05) is 13.2 Å². The monoisotopic (exact) mass is 261 g/mol. The fraction of sp³-hybridized carbons (Fsp3) is 0.286. The van der Waals surface area contributed by atoms with E-state index in [0.29, 0.717) is 12.1 Å². The third-order valence-electron chi connectivity index (χ3n) is 2.74. The van der Waals surface area contributed by atoms with Gasteiger partial charge in [0, 0.05) is 17.5 Å². The number of furan rings is 1. The number of ether oxygens (including phenoxy) is 1. The molecular weight excluding hydrogens is 246 g/mol. The number of amides is 1. The molecule has 1 heterocycles. The van der Waals surface area contributed by atoms with Gasteiger partial charge in [0.1, 0.15) is 5.58 Å². The molecular formula is C14H15NO4. The summed E-state index contributed by atoms with van der Waals surface area (Å²) in [7, 11) is 0. The minimum atomic E-state index is -0.625. The fourth-order valence-corrected chi connectivity index (χ4v) is 1.81. The Labute approximate surface area is 110 Å². The van der Waals surface area contributed by atoms with Crippen molar-refractivity contribution >= 4 is 22.8 Å². The van der Waals surface area contributed by atoms with Gasteiger partial charge in [-0.2, -0.15) is 0 Å². The maximum atomic E-state index is 11.8. The molecule has 1 N–H and O–H groups in total. The minimum absolute atomic E-state index is 0.144. The van der Waals surface area contributed by atoms with Crippen molar-refractivity contribution < 1.29 is 18.7 Å². The van der Waals surface area contributed by atoms with Gasteiger partial charge in [-0.1, -0.05) is 18.2 Å². The standard InChI is InChI=1S/C14H15NO4/c1-3-15-12(16)8-18-14(17)13-9(2)10-6-4-5-7-11(10)19-13/h4-7H,3,8H2,1-2H3,(H,15,16). The van der Waals surface area contributed by atoms with Crippen molar-refractivity contribution in [1.29, 1.82) is 0 Å². The van der Waals surface area contributed by atoms with Crippen molar-refractivity contribution in [3.8, 4) is 0 Å². The quantitative estimate of drug-likeness (QED) is 0.855. The first-order valence-corrected chi connectivity index (χ1v) is 6.05. The zero-order valence-corrected chi connectivity index (χ0v) is 10.9. The Kier molecular flexibility index (Phi) is 3.85. The number of esters is 1. The predicted octanol–water partition coefficient (Wildman–Crippen LogP) is 2.03. The number of benzene rings is 1. The minimum Gasteiger partial charge on any atom is -0.450 e. The highest BCUT2D eigenvalue weighted by molar-refractivity contribution is 5.96. The van der Waals surface area contributed by atoms with Gasteiger partial charge < -0.3 is 14.5 Å². The molecule has 0 radical (unpaired) electrons. The molecule has 2 aromatic rings. The van der Waals surface area contributed by atoms with Crippen LogP contribution in [0.2, 0.25) is 0 Å². The first-order chi connectivity index (χ1) is 9.13. The third-order valence-corrected chi connectivity index (χ3v) is 2.74. The SMILES string of the molecule is CCNC(=O)COC(=O)c1oc2ccccc2c1C. The molecule has 0 bridgehead atoms. The highest BCUT2D eigenvalue weighted by Crippen LogP contribution is 2.25. The molecule has 0 saturated carbocycles. The van der Waals surface area contributed by atoms with Crippen LogP contribution in [0.1, 0.15) is 23.0 Å². The second kappa shape index (κ2) is 5.56. The number of hydrogen-bond donors (Lipinski definition) is 1. The van der Waals surface area contributed by atoms with E-state index >= 15 is 0 Å². The van der Waals surface area contributed by atoms with Gasteiger partial charge in [-0.3, -0.25) is 4.79 Å². The number of hydrogen-bond acceptors (Lipinski definition) is 4. The molecule has 0 aliphatic heterocycles. The summed E-state index contributed by atoms with van der Waals surface area (Å²) in [5, 5.41) is 3.41. The normalized spacial score (nSPS) is 10.4. The van der Waals surface area contributed by atoms with Crippen LogP contribution in [0.25, 0.3) is 11.0 Å². The average Bonchev–Trinajstić information content (AvgIpc) is 2.74. The average molecular weight is 261 g/mol. The van der Waals surface area contributed by atoms with Gasteiger partial charge in [0.05, 0.1) is 0 Å². The van der Waals surface area contributed by atoms with E-state index in [1.165, 1.54) is 0 Å². The lowest BCUT2D eigenvalue weighted by molar-refractivity contribution is -0.124. The number of para-hydroxylation sites is 1. The van der Waals surface area contributed by atoms with Crippen molar-refractivity contribution in [3.05, 3.63) is 35.6 Å². The van der Waals surface area contributed by atoms with E-state index < -0.39 is 5.97 Å². The van der Waals surface area contributed by atoms with Gasteiger partial charge in [-0.25, -0.2) is 4.79 Å². The predicted molar refractivity (Wildman–Crippen MR) is 69.9 cm³/mol. The lowest BCUT2D eigenvalue weighted by Gasteiger charge is -2.03. The zero-order chi connectivity index (χ0) is 13.8. The van der Waals surface area contributed by atoms with Crippen molar-refractivity contribution in [3.63, 3.8) is 0 Å². The van der Waals surface area contributed by atoms with E-state index in [1.807, 2.05) is 18.2 Å². The molecule has 0 fully saturated rings. The van der Waals surface area contributed by atoms with Crippen molar-refractivity contribution in [2.45, 2.75) is 13.8 Å². The number of fused-ring (bicyclic) bond motifs is 1. The molecule has 0 spiro atoms. The van der Waals surface area contributed by atoms with Gasteiger partial charge in [-0.15, -0.1) is 0 Å². The van der Waals surface area contributed by atoms with Gasteiger partial charge >= 0.3 is 5.97 Å². The molecule has 1 aromatic heterocycles. The van der Waals surface area contributed by atoms with Crippen molar-refractivity contribution in [2.24, 2.45) is 0 Å². The molecule has 5 heteroatoms. The third kappa shape index (κ3) is 2.76. The molecule has 0 saturated heterocycles. The molecule has 0 aliphatic rings. The van der Waals surface area contributed by atoms with Crippen LogP contribution in [-0.2, 0) is 9.53 Å². The maximum absolute atomic E-state index is 11.8. The van der Waals surface area contributed by atoms with Crippen LogP contribution >= 0.6 is 0 Å². The van der Waals surface area contributed by atoms with E-state index in [9.17, 15) is 9.59 Å². The molecule has 1 amide bonds. The van der Waals surface area contributed by atoms with Gasteiger partial charge in [0.15, 0.2) is 6.61 Å². The van der Waals surface area contributed by atoms with Crippen molar-refractivity contribution in [1.82, 2.24) is 5.32 Å². The molecule has 0 aliphatic carbocycles. The Hall–Kier alpha value is -2.30. The lowest BCUT2D eigenvalue weighted by Crippen LogP contribution is -2.28. The number of rotatable bonds is 4. The van der Waals surface area contributed by atoms with E-state index in [1.54, 1.807) is 19.9 Å². The summed E-state index contributed by atoms with van der Waals surface area (Å²) in [6.07, 6.45) is 0. The first-order valence-electron chi connectivity index (χ1n) is 6.05. The van der Waals surface area contributed by atoms with Crippen LogP contribution in [0.5, 0.6) is 0 Å². The summed E-state index contributed by atoms with van der Waals surface area (Å²) < 4.78 is 10.4. The Morgan fingerprint density at radius 2 is 2.05 bits per heavy atom. The van der Waals surface area contributed by atoms with Gasteiger partial charge in [-0.05, 0) is 19.9 Å². The summed E-state index contributed by atoms with van der Waals surface area (Å²) in [5.74, 6) is -0.810.